The molecule has 2 aliphatic rings. The van der Waals surface area contributed by atoms with Crippen LogP contribution in [0.1, 0.15) is 19.3 Å². The average molecular weight is 264 g/mol. The van der Waals surface area contributed by atoms with Crippen LogP contribution in [0.2, 0.25) is 0 Å². The van der Waals surface area contributed by atoms with Crippen molar-refractivity contribution in [1.82, 2.24) is 9.03 Å². The second-order valence-electron chi connectivity index (χ2n) is 4.62. The molecular weight excluding hydrogens is 244 g/mol. The van der Waals surface area contributed by atoms with Crippen LogP contribution in [-0.4, -0.2) is 56.8 Å². The SMILES string of the molecule is O=S(=O)(NCC1CCCC1O)N1CCOCC1. The third-order valence-corrected chi connectivity index (χ3v) is 5.03. The molecule has 2 atom stereocenters. The monoisotopic (exact) mass is 264 g/mol. The van der Waals surface area contributed by atoms with Gasteiger partial charge in [-0.05, 0) is 18.8 Å². The number of hydrogen-bond acceptors (Lipinski definition) is 4. The number of morpholine rings is 1. The van der Waals surface area contributed by atoms with Gasteiger partial charge in [0.1, 0.15) is 0 Å². The fourth-order valence-corrected chi connectivity index (χ4v) is 3.58. The molecule has 100 valence electrons. The van der Waals surface area contributed by atoms with E-state index in [0.717, 1.165) is 19.3 Å². The standard InChI is InChI=1S/C10H20N2O4S/c13-10-3-1-2-9(10)8-11-17(14,15)12-4-6-16-7-5-12/h9-11,13H,1-8H2. The van der Waals surface area contributed by atoms with Gasteiger partial charge < -0.3 is 9.84 Å². The third-order valence-electron chi connectivity index (χ3n) is 3.46. The lowest BCUT2D eigenvalue weighted by molar-refractivity contribution is 0.0722. The largest absolute Gasteiger partial charge is 0.393 e. The minimum absolute atomic E-state index is 0.0609. The zero-order valence-electron chi connectivity index (χ0n) is 9.84. The van der Waals surface area contributed by atoms with Gasteiger partial charge in [0.05, 0.1) is 19.3 Å². The lowest BCUT2D eigenvalue weighted by atomic mass is 10.1. The molecule has 2 rings (SSSR count). The molecule has 1 aliphatic carbocycles. The topological polar surface area (TPSA) is 78.9 Å². The second kappa shape index (κ2) is 5.62. The number of nitrogens with one attached hydrogen (secondary N) is 1. The zero-order chi connectivity index (χ0) is 12.3. The number of aliphatic hydroxyl groups excluding tert-OH is 1. The second-order valence-corrected chi connectivity index (χ2v) is 6.38. The molecule has 1 heterocycles. The number of hydrogen-bond donors (Lipinski definition) is 2. The molecule has 7 heteroatoms. The van der Waals surface area contributed by atoms with Gasteiger partial charge >= 0.3 is 0 Å². The first-order valence-corrected chi connectivity index (χ1v) is 7.54. The van der Waals surface area contributed by atoms with Crippen LogP contribution in [0, 0.1) is 5.92 Å². The fraction of sp³-hybridized carbons (Fsp3) is 1.00. The van der Waals surface area contributed by atoms with Gasteiger partial charge in [0.2, 0.25) is 0 Å². The van der Waals surface area contributed by atoms with E-state index in [-0.39, 0.29) is 12.0 Å². The van der Waals surface area contributed by atoms with Gasteiger partial charge in [0.25, 0.3) is 10.2 Å². The van der Waals surface area contributed by atoms with Crippen LogP contribution in [0.3, 0.4) is 0 Å². The van der Waals surface area contributed by atoms with Crippen molar-refractivity contribution in [3.63, 3.8) is 0 Å². The third kappa shape index (κ3) is 3.38. The normalized spacial score (nSPS) is 31.8. The smallest absolute Gasteiger partial charge is 0.279 e. The lowest BCUT2D eigenvalue weighted by Gasteiger charge is -2.27. The Labute approximate surface area is 102 Å². The highest BCUT2D eigenvalue weighted by molar-refractivity contribution is 7.87. The van der Waals surface area contributed by atoms with E-state index in [1.165, 1.54) is 4.31 Å². The summed E-state index contributed by atoms with van der Waals surface area (Å²) in [7, 11) is -3.40. The van der Waals surface area contributed by atoms with E-state index in [9.17, 15) is 13.5 Å². The van der Waals surface area contributed by atoms with Gasteiger partial charge in [0, 0.05) is 19.6 Å². The summed E-state index contributed by atoms with van der Waals surface area (Å²) in [6, 6.07) is 0. The van der Waals surface area contributed by atoms with Crippen molar-refractivity contribution >= 4 is 10.2 Å². The lowest BCUT2D eigenvalue weighted by Crippen LogP contribution is -2.48. The first-order chi connectivity index (χ1) is 8.09. The molecule has 0 radical (unpaired) electrons. The summed E-state index contributed by atoms with van der Waals surface area (Å²) in [5.74, 6) is 0.0609. The summed E-state index contributed by atoms with van der Waals surface area (Å²) in [4.78, 5) is 0. The molecule has 1 aliphatic heterocycles. The Morgan fingerprint density at radius 2 is 2.00 bits per heavy atom. The maximum Gasteiger partial charge on any atom is 0.279 e. The van der Waals surface area contributed by atoms with Crippen molar-refractivity contribution in [1.29, 1.82) is 0 Å². The summed E-state index contributed by atoms with van der Waals surface area (Å²) in [6.45, 7) is 2.05. The molecule has 6 nitrogen and oxygen atoms in total. The highest BCUT2D eigenvalue weighted by Gasteiger charge is 2.29. The maximum atomic E-state index is 11.9. The Balaban J connectivity index is 1.84. The minimum Gasteiger partial charge on any atom is -0.393 e. The summed E-state index contributed by atoms with van der Waals surface area (Å²) < 4.78 is 33.0. The summed E-state index contributed by atoms with van der Waals surface area (Å²) in [5.41, 5.74) is 0. The van der Waals surface area contributed by atoms with Gasteiger partial charge in [0.15, 0.2) is 0 Å². The number of ether oxygens (including phenoxy) is 1. The average Bonchev–Trinajstić information content (AvgIpc) is 2.74. The molecule has 0 bridgehead atoms. The molecule has 2 fully saturated rings. The van der Waals surface area contributed by atoms with Crippen molar-refractivity contribution in [3.8, 4) is 0 Å². The van der Waals surface area contributed by atoms with Crippen molar-refractivity contribution < 1.29 is 18.3 Å². The molecule has 1 saturated heterocycles. The predicted octanol–water partition coefficient (Wildman–Crippen LogP) is -0.686. The Morgan fingerprint density at radius 1 is 1.29 bits per heavy atom. The molecule has 2 unspecified atom stereocenters. The van der Waals surface area contributed by atoms with Crippen LogP contribution >= 0.6 is 0 Å². The highest BCUT2D eigenvalue weighted by Crippen LogP contribution is 2.24. The Bertz CT molecular complexity index is 340. The van der Waals surface area contributed by atoms with E-state index in [4.69, 9.17) is 4.74 Å². The van der Waals surface area contributed by atoms with E-state index >= 15 is 0 Å². The molecule has 0 spiro atoms. The molecule has 0 aromatic heterocycles. The number of nitrogens with zero attached hydrogens (tertiary/aromatic N) is 1. The molecular formula is C10H20N2O4S. The molecule has 0 aromatic carbocycles. The van der Waals surface area contributed by atoms with Gasteiger partial charge in [-0.15, -0.1) is 0 Å². The van der Waals surface area contributed by atoms with E-state index in [0.29, 0.717) is 32.8 Å². The summed E-state index contributed by atoms with van der Waals surface area (Å²) >= 11 is 0. The number of rotatable bonds is 4. The van der Waals surface area contributed by atoms with Crippen LogP contribution in [0.25, 0.3) is 0 Å². The van der Waals surface area contributed by atoms with E-state index < -0.39 is 10.2 Å². The molecule has 2 N–H and O–H groups in total. The Hall–Kier alpha value is -0.210. The van der Waals surface area contributed by atoms with Crippen LogP contribution in [0.4, 0.5) is 0 Å². The maximum absolute atomic E-state index is 11.9. The number of aliphatic hydroxyl groups is 1. The van der Waals surface area contributed by atoms with Gasteiger partial charge in [-0.1, -0.05) is 6.42 Å². The Morgan fingerprint density at radius 3 is 2.59 bits per heavy atom. The zero-order valence-corrected chi connectivity index (χ0v) is 10.7. The van der Waals surface area contributed by atoms with Crippen molar-refractivity contribution in [3.05, 3.63) is 0 Å². The molecule has 0 amide bonds. The van der Waals surface area contributed by atoms with Crippen molar-refractivity contribution in [2.75, 3.05) is 32.8 Å². The summed E-state index contributed by atoms with van der Waals surface area (Å²) in [6.07, 6.45) is 2.30. The van der Waals surface area contributed by atoms with Crippen molar-refractivity contribution in [2.24, 2.45) is 5.92 Å². The van der Waals surface area contributed by atoms with E-state index in [2.05, 4.69) is 4.72 Å². The molecule has 0 aromatic rings. The van der Waals surface area contributed by atoms with Crippen molar-refractivity contribution in [2.45, 2.75) is 25.4 Å². The van der Waals surface area contributed by atoms with Crippen LogP contribution in [0.15, 0.2) is 0 Å². The first kappa shape index (κ1) is 13.2. The Kier molecular flexibility index (Phi) is 4.37. The van der Waals surface area contributed by atoms with E-state index in [1.807, 2.05) is 0 Å². The quantitative estimate of drug-likeness (QED) is 0.705. The summed E-state index contributed by atoms with van der Waals surface area (Å²) in [5, 5.41) is 9.63. The first-order valence-electron chi connectivity index (χ1n) is 6.10. The fourth-order valence-electron chi connectivity index (χ4n) is 2.35. The minimum atomic E-state index is -3.40. The molecule has 17 heavy (non-hydrogen) atoms. The van der Waals surface area contributed by atoms with Gasteiger partial charge in [-0.3, -0.25) is 0 Å². The highest BCUT2D eigenvalue weighted by atomic mass is 32.2. The van der Waals surface area contributed by atoms with Crippen LogP contribution in [0.5, 0.6) is 0 Å². The van der Waals surface area contributed by atoms with Crippen LogP contribution in [-0.2, 0) is 14.9 Å². The van der Waals surface area contributed by atoms with Gasteiger partial charge in [-0.2, -0.15) is 12.7 Å². The van der Waals surface area contributed by atoms with E-state index in [1.54, 1.807) is 0 Å². The van der Waals surface area contributed by atoms with Gasteiger partial charge in [-0.25, -0.2) is 4.72 Å². The predicted molar refractivity (Wildman–Crippen MR) is 62.7 cm³/mol. The van der Waals surface area contributed by atoms with Crippen LogP contribution < -0.4 is 4.72 Å². The molecule has 1 saturated carbocycles.